The number of carbonyl (C=O) groups excluding carboxylic acids is 1. The first-order chi connectivity index (χ1) is 16.9. The monoisotopic (exact) mass is 490 g/mol. The Morgan fingerprint density at radius 2 is 1.63 bits per heavy atom. The van der Waals surface area contributed by atoms with Crippen LogP contribution in [0.15, 0.2) is 71.5 Å². The molecule has 0 saturated carbocycles. The second-order valence-corrected chi connectivity index (χ2v) is 8.75. The number of pyridine rings is 1. The topological polar surface area (TPSA) is 69.6 Å². The molecule has 1 N–H and O–H groups in total. The van der Waals surface area contributed by atoms with Gasteiger partial charge in [0, 0.05) is 22.3 Å². The van der Waals surface area contributed by atoms with Gasteiger partial charge in [0.25, 0.3) is 5.56 Å². The Morgan fingerprint density at radius 1 is 0.914 bits per heavy atom. The average molecular weight is 491 g/mol. The maximum atomic E-state index is 13.5. The van der Waals surface area contributed by atoms with Crippen LogP contribution in [0.3, 0.4) is 0 Å². The zero-order chi connectivity index (χ0) is 24.9. The summed E-state index contributed by atoms with van der Waals surface area (Å²) < 4.78 is 12.1. The highest BCUT2D eigenvalue weighted by Crippen LogP contribution is 2.23. The number of halogens is 1. The molecule has 0 saturated heterocycles. The summed E-state index contributed by atoms with van der Waals surface area (Å²) >= 11 is 6.19. The van der Waals surface area contributed by atoms with Crippen molar-refractivity contribution in [3.05, 3.63) is 98.8 Å². The molecule has 1 aromatic heterocycles. The van der Waals surface area contributed by atoms with Gasteiger partial charge in [-0.2, -0.15) is 0 Å². The number of methoxy groups -OCH3 is 2. The standard InChI is InChI=1S/C28H27ClN2O4/c1-18-4-10-22(15-25(18)29)30-27(32)17-31-26-16-24(35-3)13-9-20(26)14-21(28(31)33)8-5-19-6-11-23(34-2)12-7-19/h4,6-7,9-16H,5,8,17H2,1-3H3,(H,30,32). The normalized spacial score (nSPS) is 10.9. The third kappa shape index (κ3) is 5.66. The second-order valence-electron chi connectivity index (χ2n) is 8.35. The Hall–Kier alpha value is -3.77. The number of hydrogen-bond donors (Lipinski definition) is 1. The van der Waals surface area contributed by atoms with Crippen LogP contribution in [0.5, 0.6) is 11.5 Å². The van der Waals surface area contributed by atoms with Crippen molar-refractivity contribution >= 4 is 34.1 Å². The Bertz CT molecular complexity index is 1430. The van der Waals surface area contributed by atoms with Crippen LogP contribution >= 0.6 is 11.6 Å². The van der Waals surface area contributed by atoms with Crippen molar-refractivity contribution in [2.45, 2.75) is 26.3 Å². The number of benzene rings is 3. The molecular formula is C28H27ClN2O4. The molecule has 0 unspecified atom stereocenters. The summed E-state index contributed by atoms with van der Waals surface area (Å²) in [4.78, 5) is 26.4. The highest BCUT2D eigenvalue weighted by Gasteiger charge is 2.14. The van der Waals surface area contributed by atoms with Crippen molar-refractivity contribution in [3.63, 3.8) is 0 Å². The van der Waals surface area contributed by atoms with Gasteiger partial charge in [0.05, 0.1) is 19.7 Å². The summed E-state index contributed by atoms with van der Waals surface area (Å²) in [5, 5.41) is 4.27. The van der Waals surface area contributed by atoms with E-state index in [0.717, 1.165) is 22.3 Å². The van der Waals surface area contributed by atoms with Crippen LogP contribution in [-0.4, -0.2) is 24.7 Å². The minimum Gasteiger partial charge on any atom is -0.497 e. The lowest BCUT2D eigenvalue weighted by molar-refractivity contribution is -0.116. The van der Waals surface area contributed by atoms with Gasteiger partial charge in [-0.25, -0.2) is 0 Å². The van der Waals surface area contributed by atoms with E-state index in [9.17, 15) is 9.59 Å². The molecule has 0 spiro atoms. The quantitative estimate of drug-likeness (QED) is 0.359. The third-order valence-electron chi connectivity index (χ3n) is 5.98. The molecule has 0 radical (unpaired) electrons. The van der Waals surface area contributed by atoms with E-state index in [1.807, 2.05) is 55.5 Å². The lowest BCUT2D eigenvalue weighted by Crippen LogP contribution is -2.30. The Balaban J connectivity index is 1.64. The van der Waals surface area contributed by atoms with Crippen LogP contribution in [0.2, 0.25) is 5.02 Å². The molecule has 0 aliphatic heterocycles. The van der Waals surface area contributed by atoms with Gasteiger partial charge in [-0.05, 0) is 78.7 Å². The Labute approximate surface area is 209 Å². The van der Waals surface area contributed by atoms with Crippen LogP contribution in [0.4, 0.5) is 5.69 Å². The lowest BCUT2D eigenvalue weighted by Gasteiger charge is -2.15. The number of carbonyl (C=O) groups is 1. The maximum absolute atomic E-state index is 13.5. The third-order valence-corrected chi connectivity index (χ3v) is 6.38. The summed E-state index contributed by atoms with van der Waals surface area (Å²) in [6.07, 6.45) is 1.23. The van der Waals surface area contributed by atoms with Crippen molar-refractivity contribution in [2.24, 2.45) is 0 Å². The van der Waals surface area contributed by atoms with Crippen molar-refractivity contribution in [1.82, 2.24) is 4.57 Å². The fraction of sp³-hybridized carbons (Fsp3) is 0.214. The van der Waals surface area contributed by atoms with Crippen LogP contribution in [0, 0.1) is 6.92 Å². The molecule has 0 atom stereocenters. The number of anilines is 1. The number of rotatable bonds is 8. The predicted octanol–water partition coefficient (Wildman–Crippen LogP) is 5.40. The number of nitrogens with one attached hydrogen (secondary N) is 1. The first kappa shape index (κ1) is 24.4. The van der Waals surface area contributed by atoms with Crippen molar-refractivity contribution in [3.8, 4) is 11.5 Å². The Kier molecular flexibility index (Phi) is 7.42. The SMILES string of the molecule is COc1ccc(CCc2cc3ccc(OC)cc3n(CC(=O)Nc3ccc(C)c(Cl)c3)c2=O)cc1. The molecule has 6 nitrogen and oxygen atoms in total. The van der Waals surface area contributed by atoms with Crippen molar-refractivity contribution < 1.29 is 14.3 Å². The van der Waals surface area contributed by atoms with E-state index in [0.29, 0.717) is 40.4 Å². The number of fused-ring (bicyclic) bond motifs is 1. The van der Waals surface area contributed by atoms with E-state index in [-0.39, 0.29) is 18.0 Å². The molecule has 1 amide bonds. The molecule has 0 fully saturated rings. The first-order valence-electron chi connectivity index (χ1n) is 11.3. The summed E-state index contributed by atoms with van der Waals surface area (Å²) in [6, 6.07) is 20.5. The van der Waals surface area contributed by atoms with Crippen LogP contribution < -0.4 is 20.3 Å². The van der Waals surface area contributed by atoms with Crippen LogP contribution in [-0.2, 0) is 24.2 Å². The molecule has 1 heterocycles. The molecule has 4 rings (SSSR count). The smallest absolute Gasteiger partial charge is 0.254 e. The van der Waals surface area contributed by atoms with E-state index < -0.39 is 0 Å². The second kappa shape index (κ2) is 10.7. The molecule has 180 valence electrons. The van der Waals surface area contributed by atoms with E-state index in [1.54, 1.807) is 32.4 Å². The summed E-state index contributed by atoms with van der Waals surface area (Å²) in [5.74, 6) is 1.09. The fourth-order valence-corrected chi connectivity index (χ4v) is 4.14. The number of aryl methyl sites for hydroxylation is 3. The molecule has 0 aliphatic carbocycles. The number of amides is 1. The fourth-order valence-electron chi connectivity index (χ4n) is 3.96. The first-order valence-corrected chi connectivity index (χ1v) is 11.6. The minimum atomic E-state index is -0.316. The molecule has 0 bridgehead atoms. The van der Waals surface area contributed by atoms with Crippen LogP contribution in [0.1, 0.15) is 16.7 Å². The van der Waals surface area contributed by atoms with Gasteiger partial charge in [-0.3, -0.25) is 14.2 Å². The van der Waals surface area contributed by atoms with E-state index >= 15 is 0 Å². The zero-order valence-corrected chi connectivity index (χ0v) is 20.7. The lowest BCUT2D eigenvalue weighted by atomic mass is 10.0. The highest BCUT2D eigenvalue weighted by atomic mass is 35.5. The van der Waals surface area contributed by atoms with Gasteiger partial charge in [0.1, 0.15) is 18.0 Å². The van der Waals surface area contributed by atoms with Gasteiger partial charge in [0.15, 0.2) is 0 Å². The summed E-state index contributed by atoms with van der Waals surface area (Å²) in [7, 11) is 3.20. The van der Waals surface area contributed by atoms with Gasteiger partial charge >= 0.3 is 0 Å². The molecular weight excluding hydrogens is 464 g/mol. The predicted molar refractivity (Wildman–Crippen MR) is 140 cm³/mol. The molecule has 4 aromatic rings. The molecule has 3 aromatic carbocycles. The number of nitrogens with zero attached hydrogens (tertiary/aromatic N) is 1. The van der Waals surface area contributed by atoms with Crippen molar-refractivity contribution in [2.75, 3.05) is 19.5 Å². The van der Waals surface area contributed by atoms with Gasteiger partial charge in [0.2, 0.25) is 5.91 Å². The average Bonchev–Trinajstić information content (AvgIpc) is 2.87. The van der Waals surface area contributed by atoms with Crippen LogP contribution in [0.25, 0.3) is 10.9 Å². The summed E-state index contributed by atoms with van der Waals surface area (Å²) in [5.41, 5.74) is 3.68. The van der Waals surface area contributed by atoms with Gasteiger partial charge in [-0.1, -0.05) is 29.8 Å². The number of hydrogen-bond acceptors (Lipinski definition) is 4. The Morgan fingerprint density at radius 3 is 2.31 bits per heavy atom. The van der Waals surface area contributed by atoms with E-state index in [2.05, 4.69) is 5.32 Å². The maximum Gasteiger partial charge on any atom is 0.254 e. The zero-order valence-electron chi connectivity index (χ0n) is 19.9. The van der Waals surface area contributed by atoms with Gasteiger partial charge in [-0.15, -0.1) is 0 Å². The summed E-state index contributed by atoms with van der Waals surface area (Å²) in [6.45, 7) is 1.76. The largest absolute Gasteiger partial charge is 0.497 e. The van der Waals surface area contributed by atoms with Gasteiger partial charge < -0.3 is 14.8 Å². The number of ether oxygens (including phenoxy) is 2. The molecule has 0 aliphatic rings. The molecule has 7 heteroatoms. The van der Waals surface area contributed by atoms with Crippen molar-refractivity contribution in [1.29, 1.82) is 0 Å². The molecule has 35 heavy (non-hydrogen) atoms. The minimum absolute atomic E-state index is 0.135. The van der Waals surface area contributed by atoms with E-state index in [1.165, 1.54) is 4.57 Å². The number of aromatic nitrogens is 1. The highest BCUT2D eigenvalue weighted by molar-refractivity contribution is 6.31. The van der Waals surface area contributed by atoms with E-state index in [4.69, 9.17) is 21.1 Å².